The molecular weight excluding hydrogens is 364 g/mol. The molecule has 27 heavy (non-hydrogen) atoms. The lowest BCUT2D eigenvalue weighted by atomic mass is 10.1. The van der Waals surface area contributed by atoms with E-state index in [1.807, 2.05) is 60.3 Å². The van der Waals surface area contributed by atoms with Gasteiger partial charge >= 0.3 is 6.03 Å². The van der Waals surface area contributed by atoms with Crippen LogP contribution in [-0.4, -0.2) is 22.7 Å². The number of hydrogen-bond acceptors (Lipinski definition) is 3. The maximum atomic E-state index is 12.5. The van der Waals surface area contributed by atoms with Crippen LogP contribution < -0.4 is 15.4 Å². The molecule has 3 rings (SSSR count). The van der Waals surface area contributed by atoms with E-state index in [9.17, 15) is 4.79 Å². The van der Waals surface area contributed by atoms with Crippen molar-refractivity contribution in [3.63, 3.8) is 0 Å². The summed E-state index contributed by atoms with van der Waals surface area (Å²) in [6.07, 6.45) is 3.54. The third-order valence-corrected chi connectivity index (χ3v) is 4.40. The average Bonchev–Trinajstić information content (AvgIpc) is 3.10. The number of hydrogen-bond donors (Lipinski definition) is 2. The van der Waals surface area contributed by atoms with Gasteiger partial charge in [-0.25, -0.2) is 9.78 Å². The predicted molar refractivity (Wildman–Crippen MR) is 105 cm³/mol. The number of benzene rings is 2. The Morgan fingerprint density at radius 3 is 2.78 bits per heavy atom. The lowest BCUT2D eigenvalue weighted by molar-refractivity contribution is 0.237. The van der Waals surface area contributed by atoms with E-state index in [-0.39, 0.29) is 6.03 Å². The Bertz CT molecular complexity index is 926. The number of ether oxygens (including phenoxy) is 1. The standard InChI is InChI=1S/C20H21ClN4O2/c1-25-10-9-22-19(25)18(15-6-4-8-17(12-15)27-2)24-20(26)23-13-14-5-3-7-16(21)11-14/h3-12,18H,13H2,1-2H3,(H2,23,24,26). The number of amides is 2. The Balaban J connectivity index is 1.77. The molecule has 1 atom stereocenters. The minimum Gasteiger partial charge on any atom is -0.497 e. The second-order valence-corrected chi connectivity index (χ2v) is 6.50. The van der Waals surface area contributed by atoms with Gasteiger partial charge in [0.25, 0.3) is 0 Å². The van der Waals surface area contributed by atoms with Crippen LogP contribution in [0.3, 0.4) is 0 Å². The largest absolute Gasteiger partial charge is 0.497 e. The summed E-state index contributed by atoms with van der Waals surface area (Å²) in [5, 5.41) is 6.49. The van der Waals surface area contributed by atoms with Gasteiger partial charge in [0.05, 0.1) is 7.11 Å². The molecule has 0 fully saturated rings. The number of nitrogens with one attached hydrogen (secondary N) is 2. The summed E-state index contributed by atoms with van der Waals surface area (Å²) in [5.74, 6) is 1.44. The van der Waals surface area contributed by atoms with Crippen molar-refractivity contribution in [2.75, 3.05) is 7.11 Å². The maximum absolute atomic E-state index is 12.5. The molecule has 7 heteroatoms. The van der Waals surface area contributed by atoms with Crippen LogP contribution in [0.1, 0.15) is 23.0 Å². The van der Waals surface area contributed by atoms with Gasteiger partial charge in [-0.15, -0.1) is 0 Å². The Morgan fingerprint density at radius 1 is 1.26 bits per heavy atom. The number of rotatable bonds is 6. The fraction of sp³-hybridized carbons (Fsp3) is 0.200. The Morgan fingerprint density at radius 2 is 2.07 bits per heavy atom. The van der Waals surface area contributed by atoms with Crippen LogP contribution in [0.25, 0.3) is 0 Å². The van der Waals surface area contributed by atoms with E-state index in [0.29, 0.717) is 17.3 Å². The third-order valence-electron chi connectivity index (χ3n) is 4.16. The molecule has 0 saturated heterocycles. The van der Waals surface area contributed by atoms with E-state index in [4.69, 9.17) is 16.3 Å². The van der Waals surface area contributed by atoms with E-state index >= 15 is 0 Å². The number of halogens is 1. The average molecular weight is 385 g/mol. The molecule has 6 nitrogen and oxygen atoms in total. The van der Waals surface area contributed by atoms with Crippen molar-refractivity contribution in [1.29, 1.82) is 0 Å². The number of nitrogens with zero attached hydrogens (tertiary/aromatic N) is 2. The number of imidazole rings is 1. The molecule has 1 heterocycles. The SMILES string of the molecule is COc1cccc(C(NC(=O)NCc2cccc(Cl)c2)c2nccn2C)c1. The van der Waals surface area contributed by atoms with Gasteiger partial charge in [-0.3, -0.25) is 0 Å². The van der Waals surface area contributed by atoms with Gasteiger partial charge in [0.1, 0.15) is 17.6 Å². The Hall–Kier alpha value is -2.99. The number of carbonyl (C=O) groups excluding carboxylic acids is 1. The lowest BCUT2D eigenvalue weighted by Crippen LogP contribution is -2.38. The molecule has 2 amide bonds. The number of aryl methyl sites for hydroxylation is 1. The molecular formula is C20H21ClN4O2. The Labute approximate surface area is 163 Å². The maximum Gasteiger partial charge on any atom is 0.315 e. The first-order valence-corrected chi connectivity index (χ1v) is 8.84. The molecule has 0 aliphatic rings. The van der Waals surface area contributed by atoms with Gasteiger partial charge in [0.15, 0.2) is 0 Å². The molecule has 0 radical (unpaired) electrons. The summed E-state index contributed by atoms with van der Waals surface area (Å²) < 4.78 is 7.18. The number of urea groups is 1. The van der Waals surface area contributed by atoms with E-state index in [1.54, 1.807) is 19.4 Å². The van der Waals surface area contributed by atoms with Crippen molar-refractivity contribution in [3.8, 4) is 5.75 Å². The normalized spacial score (nSPS) is 11.7. The highest BCUT2D eigenvalue weighted by Gasteiger charge is 2.21. The second-order valence-electron chi connectivity index (χ2n) is 6.06. The van der Waals surface area contributed by atoms with Crippen LogP contribution in [-0.2, 0) is 13.6 Å². The third kappa shape index (κ3) is 4.80. The molecule has 140 valence electrons. The van der Waals surface area contributed by atoms with E-state index in [0.717, 1.165) is 17.0 Å². The van der Waals surface area contributed by atoms with Crippen molar-refractivity contribution >= 4 is 17.6 Å². The van der Waals surface area contributed by atoms with Crippen molar-refractivity contribution < 1.29 is 9.53 Å². The van der Waals surface area contributed by atoms with Crippen molar-refractivity contribution in [2.24, 2.45) is 7.05 Å². The van der Waals surface area contributed by atoms with E-state index in [2.05, 4.69) is 15.6 Å². The fourth-order valence-corrected chi connectivity index (χ4v) is 3.00. The van der Waals surface area contributed by atoms with Crippen molar-refractivity contribution in [1.82, 2.24) is 20.2 Å². The second kappa shape index (κ2) is 8.60. The van der Waals surface area contributed by atoms with Gasteiger partial charge in [-0.1, -0.05) is 35.9 Å². The molecule has 0 aliphatic carbocycles. The fourth-order valence-electron chi connectivity index (χ4n) is 2.78. The lowest BCUT2D eigenvalue weighted by Gasteiger charge is -2.20. The van der Waals surface area contributed by atoms with Crippen LogP contribution in [0.15, 0.2) is 60.9 Å². The molecule has 2 N–H and O–H groups in total. The molecule has 0 bridgehead atoms. The molecule has 3 aromatic rings. The van der Waals surface area contributed by atoms with Gasteiger partial charge in [-0.2, -0.15) is 0 Å². The first-order valence-electron chi connectivity index (χ1n) is 8.47. The molecule has 0 saturated carbocycles. The van der Waals surface area contributed by atoms with Crippen LogP contribution in [0.2, 0.25) is 5.02 Å². The Kier molecular flexibility index (Phi) is 5.98. The summed E-state index contributed by atoms with van der Waals surface area (Å²) in [5.41, 5.74) is 1.80. The zero-order chi connectivity index (χ0) is 19.2. The van der Waals surface area contributed by atoms with Gasteiger partial charge in [-0.05, 0) is 35.4 Å². The van der Waals surface area contributed by atoms with E-state index in [1.165, 1.54) is 0 Å². The van der Waals surface area contributed by atoms with Crippen molar-refractivity contribution in [2.45, 2.75) is 12.6 Å². The molecule has 2 aromatic carbocycles. The van der Waals surface area contributed by atoms with E-state index < -0.39 is 6.04 Å². The van der Waals surface area contributed by atoms with Gasteiger partial charge in [0.2, 0.25) is 0 Å². The highest BCUT2D eigenvalue weighted by atomic mass is 35.5. The summed E-state index contributed by atoms with van der Waals surface area (Å²) in [4.78, 5) is 16.9. The minimum absolute atomic E-state index is 0.300. The van der Waals surface area contributed by atoms with Gasteiger partial charge in [0, 0.05) is 31.0 Å². The van der Waals surface area contributed by atoms with Crippen LogP contribution in [0, 0.1) is 0 Å². The monoisotopic (exact) mass is 384 g/mol. The number of methoxy groups -OCH3 is 1. The zero-order valence-electron chi connectivity index (χ0n) is 15.1. The summed E-state index contributed by atoms with van der Waals surface area (Å²) >= 11 is 5.99. The molecule has 0 spiro atoms. The molecule has 1 unspecified atom stereocenters. The highest BCUT2D eigenvalue weighted by molar-refractivity contribution is 6.30. The van der Waals surface area contributed by atoms with Crippen molar-refractivity contribution in [3.05, 3.63) is 82.9 Å². The minimum atomic E-state index is -0.417. The molecule has 0 aliphatic heterocycles. The topological polar surface area (TPSA) is 68.2 Å². The van der Waals surface area contributed by atoms with Crippen LogP contribution in [0.4, 0.5) is 4.79 Å². The van der Waals surface area contributed by atoms with Crippen LogP contribution >= 0.6 is 11.6 Å². The van der Waals surface area contributed by atoms with Crippen LogP contribution in [0.5, 0.6) is 5.75 Å². The first-order chi connectivity index (χ1) is 13.1. The number of carbonyl (C=O) groups is 1. The zero-order valence-corrected chi connectivity index (χ0v) is 15.9. The quantitative estimate of drug-likeness (QED) is 0.681. The summed E-state index contributed by atoms with van der Waals surface area (Å²) in [7, 11) is 3.50. The summed E-state index contributed by atoms with van der Waals surface area (Å²) in [6.45, 7) is 0.373. The van der Waals surface area contributed by atoms with Gasteiger partial charge < -0.3 is 19.9 Å². The predicted octanol–water partition coefficient (Wildman–Crippen LogP) is 3.67. The first kappa shape index (κ1) is 18.8. The highest BCUT2D eigenvalue weighted by Crippen LogP contribution is 2.24. The summed E-state index contributed by atoms with van der Waals surface area (Å²) in [6, 6.07) is 14.2. The number of aromatic nitrogens is 2. The smallest absolute Gasteiger partial charge is 0.315 e. The molecule has 1 aromatic heterocycles.